The van der Waals surface area contributed by atoms with Crippen molar-refractivity contribution in [3.63, 3.8) is 0 Å². The normalized spacial score (nSPS) is 11.3. The number of carbonyl (C=O) groups is 1. The molecule has 0 aromatic carbocycles. The van der Waals surface area contributed by atoms with E-state index >= 15 is 0 Å². The van der Waals surface area contributed by atoms with Gasteiger partial charge in [0.1, 0.15) is 0 Å². The summed E-state index contributed by atoms with van der Waals surface area (Å²) in [6.07, 6.45) is 1.40. The van der Waals surface area contributed by atoms with Crippen LogP contribution >= 0.6 is 11.6 Å². The summed E-state index contributed by atoms with van der Waals surface area (Å²) in [7, 11) is 0. The first kappa shape index (κ1) is 9.50. The smallest absolute Gasteiger partial charge is 0.330 e. The molecular formula is C7H11ClO2. The second-order valence-electron chi connectivity index (χ2n) is 1.88. The van der Waals surface area contributed by atoms with E-state index in [1.54, 1.807) is 13.8 Å². The molecule has 0 aromatic heterocycles. The molecule has 10 heavy (non-hydrogen) atoms. The average molecular weight is 163 g/mol. The summed E-state index contributed by atoms with van der Waals surface area (Å²) >= 11 is 5.42. The predicted molar refractivity (Wildman–Crippen MR) is 41.1 cm³/mol. The molecule has 0 saturated carbocycles. The molecule has 0 atom stereocenters. The average Bonchev–Trinajstić information content (AvgIpc) is 1.88. The van der Waals surface area contributed by atoms with E-state index in [4.69, 9.17) is 11.6 Å². The van der Waals surface area contributed by atoms with Crippen LogP contribution in [0.15, 0.2) is 11.6 Å². The van der Waals surface area contributed by atoms with Crippen LogP contribution in [0.1, 0.15) is 13.8 Å². The number of ether oxygens (including phenoxy) is 1. The van der Waals surface area contributed by atoms with Crippen molar-refractivity contribution < 1.29 is 9.53 Å². The molecule has 58 valence electrons. The fraction of sp³-hybridized carbons (Fsp3) is 0.571. The van der Waals surface area contributed by atoms with Crippen LogP contribution in [-0.4, -0.2) is 18.5 Å². The highest BCUT2D eigenvalue weighted by atomic mass is 35.5. The van der Waals surface area contributed by atoms with Gasteiger partial charge >= 0.3 is 5.97 Å². The first-order valence-corrected chi connectivity index (χ1v) is 3.64. The van der Waals surface area contributed by atoms with Crippen molar-refractivity contribution >= 4 is 17.6 Å². The Morgan fingerprint density at radius 3 is 2.70 bits per heavy atom. The minimum absolute atomic E-state index is 0.319. The van der Waals surface area contributed by atoms with Crippen LogP contribution < -0.4 is 0 Å². The summed E-state index contributed by atoms with van der Waals surface area (Å²) in [5.74, 6) is 0.0550. The van der Waals surface area contributed by atoms with Crippen LogP contribution in [0.4, 0.5) is 0 Å². The van der Waals surface area contributed by atoms with Crippen molar-refractivity contribution in [3.8, 4) is 0 Å². The highest BCUT2D eigenvalue weighted by molar-refractivity contribution is 6.19. The summed E-state index contributed by atoms with van der Waals surface area (Å²) in [5, 5.41) is 0. The van der Waals surface area contributed by atoms with Gasteiger partial charge < -0.3 is 4.74 Å². The Morgan fingerprint density at radius 2 is 2.30 bits per heavy atom. The minimum atomic E-state index is -0.319. The third-order valence-corrected chi connectivity index (χ3v) is 1.28. The molecule has 0 bridgehead atoms. The zero-order valence-corrected chi connectivity index (χ0v) is 6.94. The molecule has 0 aromatic rings. The van der Waals surface area contributed by atoms with Gasteiger partial charge in [-0.15, -0.1) is 11.6 Å². The van der Waals surface area contributed by atoms with Crippen molar-refractivity contribution in [2.24, 2.45) is 0 Å². The number of halogens is 1. The van der Waals surface area contributed by atoms with Crippen LogP contribution in [0.3, 0.4) is 0 Å². The lowest BCUT2D eigenvalue weighted by Crippen LogP contribution is -2.00. The van der Waals surface area contributed by atoms with Gasteiger partial charge in [-0.05, 0) is 13.8 Å². The fourth-order valence-electron chi connectivity index (χ4n) is 0.424. The molecule has 0 amide bonds. The largest absolute Gasteiger partial charge is 0.463 e. The molecule has 2 nitrogen and oxygen atoms in total. The number of hydrogen-bond acceptors (Lipinski definition) is 2. The molecule has 0 spiro atoms. The predicted octanol–water partition coefficient (Wildman–Crippen LogP) is 1.73. The van der Waals surface area contributed by atoms with Gasteiger partial charge in [0, 0.05) is 12.0 Å². The fourth-order valence-corrected chi connectivity index (χ4v) is 0.501. The van der Waals surface area contributed by atoms with E-state index in [1.807, 2.05) is 0 Å². The van der Waals surface area contributed by atoms with Gasteiger partial charge in [0.2, 0.25) is 0 Å². The lowest BCUT2D eigenvalue weighted by Gasteiger charge is -1.95. The summed E-state index contributed by atoms with van der Waals surface area (Å²) in [5.41, 5.74) is 0.820. The number of carbonyl (C=O) groups excluding carboxylic acids is 1. The Labute approximate surface area is 65.8 Å². The summed E-state index contributed by atoms with van der Waals surface area (Å²) in [6.45, 7) is 3.95. The van der Waals surface area contributed by atoms with Crippen LogP contribution in [-0.2, 0) is 9.53 Å². The second-order valence-corrected chi connectivity index (χ2v) is 2.14. The number of alkyl halides is 1. The molecule has 0 saturated heterocycles. The minimum Gasteiger partial charge on any atom is -0.463 e. The van der Waals surface area contributed by atoms with Crippen LogP contribution in [0.25, 0.3) is 0 Å². The quantitative estimate of drug-likeness (QED) is 0.359. The first-order chi connectivity index (χ1) is 4.70. The Kier molecular flexibility index (Phi) is 5.03. The number of allylic oxidation sites excluding steroid dienone is 1. The summed E-state index contributed by atoms with van der Waals surface area (Å²) in [4.78, 5) is 10.7. The maximum Gasteiger partial charge on any atom is 0.330 e. The molecule has 0 rings (SSSR count). The van der Waals surface area contributed by atoms with E-state index in [9.17, 15) is 4.79 Å². The van der Waals surface area contributed by atoms with Crippen LogP contribution in [0.5, 0.6) is 0 Å². The maximum atomic E-state index is 10.7. The Balaban J connectivity index is 3.75. The Morgan fingerprint density at radius 1 is 1.70 bits per heavy atom. The molecule has 0 heterocycles. The van der Waals surface area contributed by atoms with E-state index in [2.05, 4.69) is 4.74 Å². The number of hydrogen-bond donors (Lipinski definition) is 0. The lowest BCUT2D eigenvalue weighted by atomic mass is 10.3. The molecule has 3 heteroatoms. The second kappa shape index (κ2) is 5.30. The van der Waals surface area contributed by atoms with Gasteiger partial charge in [0.25, 0.3) is 0 Å². The standard InChI is InChI=1S/C7H11ClO2/c1-3-10-7(9)4-6(2)5-8/h4H,3,5H2,1-2H3/b6-4+. The van der Waals surface area contributed by atoms with Crippen molar-refractivity contribution in [2.75, 3.05) is 12.5 Å². The molecule has 0 aliphatic heterocycles. The van der Waals surface area contributed by atoms with Gasteiger partial charge in [-0.2, -0.15) is 0 Å². The molecular weight excluding hydrogens is 152 g/mol. The topological polar surface area (TPSA) is 26.3 Å². The van der Waals surface area contributed by atoms with Gasteiger partial charge in [-0.1, -0.05) is 5.57 Å². The Hall–Kier alpha value is -0.500. The zero-order chi connectivity index (χ0) is 7.98. The van der Waals surface area contributed by atoms with E-state index in [0.717, 1.165) is 5.57 Å². The number of esters is 1. The molecule has 0 N–H and O–H groups in total. The molecule has 0 aliphatic carbocycles. The molecule has 0 radical (unpaired) electrons. The summed E-state index contributed by atoms with van der Waals surface area (Å²) < 4.78 is 4.64. The molecule has 0 aliphatic rings. The van der Waals surface area contributed by atoms with Crippen molar-refractivity contribution in [1.82, 2.24) is 0 Å². The van der Waals surface area contributed by atoms with Crippen molar-refractivity contribution in [1.29, 1.82) is 0 Å². The SMILES string of the molecule is CCOC(=O)/C=C(\C)CCl. The van der Waals surface area contributed by atoms with E-state index in [0.29, 0.717) is 12.5 Å². The Bertz CT molecular complexity index is 141. The summed E-state index contributed by atoms with van der Waals surface area (Å²) in [6, 6.07) is 0. The van der Waals surface area contributed by atoms with Gasteiger partial charge in [0.15, 0.2) is 0 Å². The number of rotatable bonds is 3. The van der Waals surface area contributed by atoms with Gasteiger partial charge in [-0.3, -0.25) is 0 Å². The van der Waals surface area contributed by atoms with Gasteiger partial charge in [0.05, 0.1) is 6.61 Å². The molecule has 0 fully saturated rings. The van der Waals surface area contributed by atoms with E-state index < -0.39 is 0 Å². The van der Waals surface area contributed by atoms with Crippen LogP contribution in [0, 0.1) is 0 Å². The third kappa shape index (κ3) is 4.39. The lowest BCUT2D eigenvalue weighted by molar-refractivity contribution is -0.137. The zero-order valence-electron chi connectivity index (χ0n) is 6.19. The van der Waals surface area contributed by atoms with Crippen molar-refractivity contribution in [2.45, 2.75) is 13.8 Å². The molecule has 0 unspecified atom stereocenters. The van der Waals surface area contributed by atoms with Gasteiger partial charge in [-0.25, -0.2) is 4.79 Å². The van der Waals surface area contributed by atoms with Crippen molar-refractivity contribution in [3.05, 3.63) is 11.6 Å². The van der Waals surface area contributed by atoms with Crippen LogP contribution in [0.2, 0.25) is 0 Å². The highest BCUT2D eigenvalue weighted by Gasteiger charge is 1.95. The van der Waals surface area contributed by atoms with E-state index in [-0.39, 0.29) is 5.97 Å². The third-order valence-electron chi connectivity index (χ3n) is 0.862. The van der Waals surface area contributed by atoms with E-state index in [1.165, 1.54) is 6.08 Å². The maximum absolute atomic E-state index is 10.7. The highest BCUT2D eigenvalue weighted by Crippen LogP contribution is 1.95. The first-order valence-electron chi connectivity index (χ1n) is 3.10. The monoisotopic (exact) mass is 162 g/mol.